The lowest BCUT2D eigenvalue weighted by Gasteiger charge is -1.93. The van der Waals surface area contributed by atoms with Crippen LogP contribution in [0.25, 0.3) is 11.5 Å². The summed E-state index contributed by atoms with van der Waals surface area (Å²) in [5.41, 5.74) is 1.45. The largest absolute Gasteiger partial charge is 0.475 e. The maximum absolute atomic E-state index is 10.5. The second kappa shape index (κ2) is 3.49. The van der Waals surface area contributed by atoms with Gasteiger partial charge in [-0.05, 0) is 24.2 Å². The first kappa shape index (κ1) is 9.32. The van der Waals surface area contributed by atoms with Crippen LogP contribution in [0.1, 0.15) is 16.3 Å². The minimum Gasteiger partial charge on any atom is -0.475 e. The fourth-order valence-electron chi connectivity index (χ4n) is 1.11. The Kier molecular flexibility index (Phi) is 2.17. The van der Waals surface area contributed by atoms with Crippen molar-refractivity contribution in [3.63, 3.8) is 0 Å². The topological polar surface area (TPSA) is 89.1 Å². The van der Waals surface area contributed by atoms with E-state index in [0.29, 0.717) is 5.56 Å². The molecule has 0 aromatic carbocycles. The van der Waals surface area contributed by atoms with Crippen LogP contribution in [0.5, 0.6) is 0 Å². The van der Waals surface area contributed by atoms with E-state index in [2.05, 4.69) is 15.1 Å². The quantitative estimate of drug-likeness (QED) is 0.790. The molecule has 0 spiro atoms. The summed E-state index contributed by atoms with van der Waals surface area (Å²) in [5.74, 6) is -1.38. The van der Waals surface area contributed by atoms with Gasteiger partial charge in [0.25, 0.3) is 11.7 Å². The van der Waals surface area contributed by atoms with Crippen molar-refractivity contribution in [3.05, 3.63) is 29.8 Å². The summed E-state index contributed by atoms with van der Waals surface area (Å²) < 4.78 is 4.80. The zero-order valence-corrected chi connectivity index (χ0v) is 7.84. The highest BCUT2D eigenvalue weighted by molar-refractivity contribution is 5.83. The SMILES string of the molecule is Cc1cc(-c2nc(C(=O)O)no2)ccn1. The minimum absolute atomic E-state index is 0.179. The first-order chi connectivity index (χ1) is 7.16. The standard InChI is InChI=1S/C9H7N3O3/c1-5-4-6(2-3-10-5)8-11-7(9(13)14)12-15-8/h2-4H,1H3,(H,13,14). The van der Waals surface area contributed by atoms with Gasteiger partial charge < -0.3 is 9.63 Å². The van der Waals surface area contributed by atoms with E-state index in [1.807, 2.05) is 6.92 Å². The molecule has 0 aliphatic heterocycles. The number of rotatable bonds is 2. The molecule has 0 saturated heterocycles. The average molecular weight is 205 g/mol. The van der Waals surface area contributed by atoms with Crippen molar-refractivity contribution in [2.45, 2.75) is 6.92 Å². The molecule has 2 heterocycles. The van der Waals surface area contributed by atoms with Crippen molar-refractivity contribution in [3.8, 4) is 11.5 Å². The zero-order chi connectivity index (χ0) is 10.8. The van der Waals surface area contributed by atoms with E-state index < -0.39 is 5.97 Å². The lowest BCUT2D eigenvalue weighted by molar-refractivity contribution is 0.0680. The van der Waals surface area contributed by atoms with E-state index in [-0.39, 0.29) is 11.7 Å². The van der Waals surface area contributed by atoms with Crippen LogP contribution < -0.4 is 0 Å². The molecule has 0 amide bonds. The molecular weight excluding hydrogens is 198 g/mol. The summed E-state index contributed by atoms with van der Waals surface area (Å²) in [4.78, 5) is 18.2. The number of carboxylic acids is 1. The Bertz CT molecular complexity index is 507. The molecule has 0 radical (unpaired) electrons. The highest BCUT2D eigenvalue weighted by Gasteiger charge is 2.13. The smallest absolute Gasteiger partial charge is 0.377 e. The van der Waals surface area contributed by atoms with Crippen molar-refractivity contribution in [2.75, 3.05) is 0 Å². The molecule has 0 aliphatic rings. The van der Waals surface area contributed by atoms with Crippen LogP contribution in [-0.2, 0) is 0 Å². The fourth-order valence-corrected chi connectivity index (χ4v) is 1.11. The van der Waals surface area contributed by atoms with E-state index >= 15 is 0 Å². The van der Waals surface area contributed by atoms with E-state index in [1.165, 1.54) is 0 Å². The molecule has 0 atom stereocenters. The first-order valence-corrected chi connectivity index (χ1v) is 4.17. The molecule has 0 aliphatic carbocycles. The van der Waals surface area contributed by atoms with Crippen LogP contribution in [0.15, 0.2) is 22.9 Å². The molecule has 76 valence electrons. The lowest BCUT2D eigenvalue weighted by atomic mass is 10.2. The molecule has 6 nitrogen and oxygen atoms in total. The molecule has 6 heteroatoms. The first-order valence-electron chi connectivity index (χ1n) is 4.17. The van der Waals surface area contributed by atoms with Crippen molar-refractivity contribution >= 4 is 5.97 Å². The van der Waals surface area contributed by atoms with Gasteiger partial charge in [-0.2, -0.15) is 4.98 Å². The summed E-state index contributed by atoms with van der Waals surface area (Å²) in [5, 5.41) is 11.9. The van der Waals surface area contributed by atoms with Crippen molar-refractivity contribution in [2.24, 2.45) is 0 Å². The van der Waals surface area contributed by atoms with Gasteiger partial charge in [-0.25, -0.2) is 4.79 Å². The van der Waals surface area contributed by atoms with Crippen LogP contribution in [0.4, 0.5) is 0 Å². The third kappa shape index (κ3) is 1.83. The van der Waals surface area contributed by atoms with Crippen molar-refractivity contribution < 1.29 is 14.4 Å². The number of aromatic carboxylic acids is 1. The summed E-state index contributed by atoms with van der Waals surface area (Å²) in [6.45, 7) is 1.82. The van der Waals surface area contributed by atoms with E-state index in [0.717, 1.165) is 5.69 Å². The minimum atomic E-state index is -1.21. The maximum atomic E-state index is 10.5. The highest BCUT2D eigenvalue weighted by atomic mass is 16.5. The van der Waals surface area contributed by atoms with Gasteiger partial charge in [-0.3, -0.25) is 4.98 Å². The molecule has 0 fully saturated rings. The van der Waals surface area contributed by atoms with Gasteiger partial charge in [0.05, 0.1) is 0 Å². The number of pyridine rings is 1. The number of carbonyl (C=O) groups is 1. The van der Waals surface area contributed by atoms with E-state index in [9.17, 15) is 4.79 Å². The molecule has 2 rings (SSSR count). The Hall–Kier alpha value is -2.24. The van der Waals surface area contributed by atoms with Crippen LogP contribution >= 0.6 is 0 Å². The number of hydrogen-bond acceptors (Lipinski definition) is 5. The number of nitrogens with zero attached hydrogens (tertiary/aromatic N) is 3. The van der Waals surface area contributed by atoms with Gasteiger partial charge >= 0.3 is 5.97 Å². The fraction of sp³-hybridized carbons (Fsp3) is 0.111. The van der Waals surface area contributed by atoms with Gasteiger partial charge in [0.1, 0.15) is 0 Å². The lowest BCUT2D eigenvalue weighted by Crippen LogP contribution is -1.98. The normalized spacial score (nSPS) is 10.2. The van der Waals surface area contributed by atoms with Crippen molar-refractivity contribution in [1.29, 1.82) is 0 Å². The molecule has 15 heavy (non-hydrogen) atoms. The Morgan fingerprint density at radius 1 is 1.53 bits per heavy atom. The Labute approximate surface area is 84.6 Å². The molecular formula is C9H7N3O3. The van der Waals surface area contributed by atoms with Crippen LogP contribution in [-0.4, -0.2) is 26.2 Å². The molecule has 0 unspecified atom stereocenters. The third-order valence-electron chi connectivity index (χ3n) is 1.76. The average Bonchev–Trinajstić information content (AvgIpc) is 2.66. The number of aryl methyl sites for hydroxylation is 1. The molecule has 1 N–H and O–H groups in total. The molecule has 0 bridgehead atoms. The summed E-state index contributed by atoms with van der Waals surface area (Å²) in [6.07, 6.45) is 1.59. The molecule has 2 aromatic heterocycles. The van der Waals surface area contributed by atoms with Crippen molar-refractivity contribution in [1.82, 2.24) is 15.1 Å². The van der Waals surface area contributed by atoms with Gasteiger partial charge in [-0.15, -0.1) is 0 Å². The predicted molar refractivity (Wildman–Crippen MR) is 49.2 cm³/mol. The zero-order valence-electron chi connectivity index (χ0n) is 7.84. The summed E-state index contributed by atoms with van der Waals surface area (Å²) in [7, 11) is 0. The van der Waals surface area contributed by atoms with Gasteiger partial charge in [-0.1, -0.05) is 0 Å². The Morgan fingerprint density at radius 3 is 2.93 bits per heavy atom. The van der Waals surface area contributed by atoms with Crippen LogP contribution in [0.2, 0.25) is 0 Å². The monoisotopic (exact) mass is 205 g/mol. The molecule has 0 saturated carbocycles. The van der Waals surface area contributed by atoms with E-state index in [1.54, 1.807) is 18.3 Å². The van der Waals surface area contributed by atoms with Gasteiger partial charge in [0.15, 0.2) is 0 Å². The maximum Gasteiger partial charge on any atom is 0.377 e. The second-order valence-corrected chi connectivity index (χ2v) is 2.91. The Morgan fingerprint density at radius 2 is 2.33 bits per heavy atom. The predicted octanol–water partition coefficient (Wildman–Crippen LogP) is 1.14. The number of hydrogen-bond donors (Lipinski definition) is 1. The van der Waals surface area contributed by atoms with E-state index in [4.69, 9.17) is 9.63 Å². The second-order valence-electron chi connectivity index (χ2n) is 2.91. The van der Waals surface area contributed by atoms with Gasteiger partial charge in [0.2, 0.25) is 0 Å². The summed E-state index contributed by atoms with van der Waals surface area (Å²) in [6, 6.07) is 3.41. The molecule has 2 aromatic rings. The number of carboxylic acid groups (broad SMARTS) is 1. The third-order valence-corrected chi connectivity index (χ3v) is 1.76. The van der Waals surface area contributed by atoms with Gasteiger partial charge in [0, 0.05) is 17.5 Å². The highest BCUT2D eigenvalue weighted by Crippen LogP contribution is 2.16. The van der Waals surface area contributed by atoms with Crippen LogP contribution in [0, 0.1) is 6.92 Å². The van der Waals surface area contributed by atoms with Crippen LogP contribution in [0.3, 0.4) is 0 Å². The summed E-state index contributed by atoms with van der Waals surface area (Å²) >= 11 is 0. The number of aromatic nitrogens is 3. The Balaban J connectivity index is 2.41.